The largest absolute Gasteiger partial charge is 0.289 e. The molecule has 0 unspecified atom stereocenters. The molecule has 6 heteroatoms. The van der Waals surface area contributed by atoms with E-state index in [1.54, 1.807) is 23.6 Å². The van der Waals surface area contributed by atoms with Crippen molar-refractivity contribution in [3.8, 4) is 11.3 Å². The molecule has 4 aromatic rings. The Morgan fingerprint density at radius 3 is 2.80 bits per heavy atom. The number of aromatic nitrogens is 2. The number of nitrogens with zero attached hydrogens (tertiary/aromatic N) is 2. The lowest BCUT2D eigenvalue weighted by molar-refractivity contribution is 0.0950. The van der Waals surface area contributed by atoms with Gasteiger partial charge in [0, 0.05) is 10.4 Å². The van der Waals surface area contributed by atoms with Crippen molar-refractivity contribution in [3.63, 3.8) is 0 Å². The third-order valence-corrected chi connectivity index (χ3v) is 4.58. The van der Waals surface area contributed by atoms with Crippen LogP contribution in [0, 0.1) is 0 Å². The van der Waals surface area contributed by atoms with Crippen LogP contribution in [0.15, 0.2) is 71.1 Å². The average molecular weight is 346 g/mol. The summed E-state index contributed by atoms with van der Waals surface area (Å²) in [7, 11) is 0. The number of thiophene rings is 1. The van der Waals surface area contributed by atoms with Gasteiger partial charge in [-0.25, -0.2) is 5.43 Å². The van der Waals surface area contributed by atoms with Crippen LogP contribution >= 0.6 is 11.3 Å². The second-order valence-electron chi connectivity index (χ2n) is 5.44. The molecule has 0 spiro atoms. The molecule has 0 saturated heterocycles. The van der Waals surface area contributed by atoms with E-state index in [2.05, 4.69) is 38.9 Å². The fourth-order valence-electron chi connectivity index (χ4n) is 2.51. The Morgan fingerprint density at radius 1 is 1.08 bits per heavy atom. The van der Waals surface area contributed by atoms with Gasteiger partial charge in [-0.05, 0) is 34.4 Å². The second-order valence-corrected chi connectivity index (χ2v) is 6.42. The van der Waals surface area contributed by atoms with Crippen LogP contribution in [0.3, 0.4) is 0 Å². The minimum atomic E-state index is -0.327. The highest BCUT2D eigenvalue weighted by Crippen LogP contribution is 2.23. The van der Waals surface area contributed by atoms with Gasteiger partial charge in [0.25, 0.3) is 5.91 Å². The number of carbonyl (C=O) groups is 1. The first-order valence-corrected chi connectivity index (χ1v) is 8.59. The molecule has 2 N–H and O–H groups in total. The molecular weight excluding hydrogens is 332 g/mol. The number of carbonyl (C=O) groups excluding carboxylic acids is 1. The van der Waals surface area contributed by atoms with Gasteiger partial charge >= 0.3 is 0 Å². The molecule has 5 nitrogen and oxygen atoms in total. The topological polar surface area (TPSA) is 70.1 Å². The molecule has 122 valence electrons. The Morgan fingerprint density at radius 2 is 1.96 bits per heavy atom. The minimum Gasteiger partial charge on any atom is -0.272 e. The number of amides is 1. The zero-order valence-electron chi connectivity index (χ0n) is 13.1. The number of rotatable bonds is 4. The third-order valence-electron chi connectivity index (χ3n) is 3.77. The quantitative estimate of drug-likeness (QED) is 0.432. The molecule has 0 bridgehead atoms. The number of aromatic amines is 1. The third kappa shape index (κ3) is 3.34. The molecule has 2 heterocycles. The van der Waals surface area contributed by atoms with Crippen LogP contribution in [0.4, 0.5) is 0 Å². The first kappa shape index (κ1) is 15.3. The summed E-state index contributed by atoms with van der Waals surface area (Å²) in [6.45, 7) is 0. The van der Waals surface area contributed by atoms with E-state index in [4.69, 9.17) is 0 Å². The van der Waals surface area contributed by atoms with Gasteiger partial charge in [-0.1, -0.05) is 42.5 Å². The molecule has 0 aliphatic carbocycles. The van der Waals surface area contributed by atoms with E-state index in [1.165, 1.54) is 5.39 Å². The van der Waals surface area contributed by atoms with E-state index in [9.17, 15) is 4.79 Å². The SMILES string of the molecule is O=C(N/N=C/c1cccs1)c1cc(-c2ccc3ccccc3c2)n[nH]1. The van der Waals surface area contributed by atoms with Crippen LogP contribution in [-0.2, 0) is 0 Å². The number of hydrogen-bond donors (Lipinski definition) is 2. The number of fused-ring (bicyclic) bond motifs is 1. The van der Waals surface area contributed by atoms with Crippen LogP contribution in [0.5, 0.6) is 0 Å². The first-order valence-electron chi connectivity index (χ1n) is 7.71. The number of H-pyrrole nitrogens is 1. The Bertz CT molecular complexity index is 1050. The number of benzene rings is 2. The fraction of sp³-hybridized carbons (Fsp3) is 0. The Kier molecular flexibility index (Phi) is 4.10. The van der Waals surface area contributed by atoms with Gasteiger partial charge in [0.05, 0.1) is 11.9 Å². The average Bonchev–Trinajstić information content (AvgIpc) is 3.33. The molecule has 2 aromatic heterocycles. The molecule has 2 aromatic carbocycles. The van der Waals surface area contributed by atoms with Crippen molar-refractivity contribution in [2.75, 3.05) is 0 Å². The lowest BCUT2D eigenvalue weighted by Gasteiger charge is -2.00. The van der Waals surface area contributed by atoms with Crippen molar-refractivity contribution in [2.24, 2.45) is 5.10 Å². The van der Waals surface area contributed by atoms with Gasteiger partial charge < -0.3 is 0 Å². The van der Waals surface area contributed by atoms with Gasteiger partial charge in [0.2, 0.25) is 0 Å². The highest BCUT2D eigenvalue weighted by molar-refractivity contribution is 7.11. The summed E-state index contributed by atoms with van der Waals surface area (Å²) in [6, 6.07) is 19.8. The zero-order chi connectivity index (χ0) is 17.1. The van der Waals surface area contributed by atoms with Crippen molar-refractivity contribution in [3.05, 3.63) is 76.6 Å². The number of hydrogen-bond acceptors (Lipinski definition) is 4. The normalized spacial score (nSPS) is 11.2. The molecule has 0 aliphatic heterocycles. The van der Waals surface area contributed by atoms with Crippen LogP contribution < -0.4 is 5.43 Å². The molecule has 0 aliphatic rings. The molecular formula is C19H14N4OS. The summed E-state index contributed by atoms with van der Waals surface area (Å²) in [4.78, 5) is 13.1. The first-order chi connectivity index (χ1) is 12.3. The van der Waals surface area contributed by atoms with Gasteiger partial charge in [0.1, 0.15) is 5.69 Å². The Balaban J connectivity index is 1.51. The van der Waals surface area contributed by atoms with E-state index >= 15 is 0 Å². The van der Waals surface area contributed by atoms with Crippen LogP contribution in [0.2, 0.25) is 0 Å². The number of hydrazone groups is 1. The zero-order valence-corrected chi connectivity index (χ0v) is 14.0. The van der Waals surface area contributed by atoms with Crippen molar-refractivity contribution < 1.29 is 4.79 Å². The van der Waals surface area contributed by atoms with E-state index < -0.39 is 0 Å². The van der Waals surface area contributed by atoms with Crippen LogP contribution in [0.1, 0.15) is 15.4 Å². The molecule has 0 radical (unpaired) electrons. The van der Waals surface area contributed by atoms with Crippen LogP contribution in [-0.4, -0.2) is 22.3 Å². The highest BCUT2D eigenvalue weighted by Gasteiger charge is 2.10. The van der Waals surface area contributed by atoms with Crippen molar-refractivity contribution in [1.82, 2.24) is 15.6 Å². The van der Waals surface area contributed by atoms with E-state index in [0.29, 0.717) is 5.69 Å². The summed E-state index contributed by atoms with van der Waals surface area (Å²) in [5.41, 5.74) is 4.54. The van der Waals surface area contributed by atoms with Gasteiger partial charge in [-0.2, -0.15) is 10.2 Å². The van der Waals surface area contributed by atoms with Crippen molar-refractivity contribution in [1.29, 1.82) is 0 Å². The van der Waals surface area contributed by atoms with Crippen molar-refractivity contribution in [2.45, 2.75) is 0 Å². The number of nitrogens with one attached hydrogen (secondary N) is 2. The van der Waals surface area contributed by atoms with Crippen molar-refractivity contribution >= 4 is 34.2 Å². The second kappa shape index (κ2) is 6.70. The van der Waals surface area contributed by atoms with Gasteiger partial charge in [0.15, 0.2) is 0 Å². The summed E-state index contributed by atoms with van der Waals surface area (Å²) < 4.78 is 0. The maximum atomic E-state index is 12.1. The van der Waals surface area contributed by atoms with E-state index in [0.717, 1.165) is 21.5 Å². The summed E-state index contributed by atoms with van der Waals surface area (Å²) in [5.74, 6) is -0.327. The summed E-state index contributed by atoms with van der Waals surface area (Å²) >= 11 is 1.55. The lowest BCUT2D eigenvalue weighted by atomic mass is 10.1. The summed E-state index contributed by atoms with van der Waals surface area (Å²) in [5, 5.41) is 15.2. The highest BCUT2D eigenvalue weighted by atomic mass is 32.1. The summed E-state index contributed by atoms with van der Waals surface area (Å²) in [6.07, 6.45) is 1.61. The fourth-order valence-corrected chi connectivity index (χ4v) is 3.10. The molecule has 4 rings (SSSR count). The maximum Gasteiger partial charge on any atom is 0.289 e. The van der Waals surface area contributed by atoms with Crippen LogP contribution in [0.25, 0.3) is 22.0 Å². The predicted molar refractivity (Wildman–Crippen MR) is 101 cm³/mol. The predicted octanol–water partition coefficient (Wildman–Crippen LogP) is 4.06. The maximum absolute atomic E-state index is 12.1. The monoisotopic (exact) mass is 346 g/mol. The molecule has 0 atom stereocenters. The molecule has 0 fully saturated rings. The Labute approximate surface area is 148 Å². The Hall–Kier alpha value is -3.25. The minimum absolute atomic E-state index is 0.327. The molecule has 1 amide bonds. The van der Waals surface area contributed by atoms with Gasteiger partial charge in [-0.15, -0.1) is 11.3 Å². The smallest absolute Gasteiger partial charge is 0.272 e. The standard InChI is InChI=1S/C19H14N4OS/c24-19(23-20-12-16-6-3-9-25-16)18-11-17(21-22-18)15-8-7-13-4-1-2-5-14(13)10-15/h1-12H,(H,21,22)(H,23,24)/b20-12+. The molecule has 25 heavy (non-hydrogen) atoms. The van der Waals surface area contributed by atoms with E-state index in [-0.39, 0.29) is 5.91 Å². The lowest BCUT2D eigenvalue weighted by Crippen LogP contribution is -2.17. The van der Waals surface area contributed by atoms with E-state index in [1.807, 2.05) is 41.8 Å². The van der Waals surface area contributed by atoms with Gasteiger partial charge in [-0.3, -0.25) is 9.89 Å². The molecule has 0 saturated carbocycles.